The van der Waals surface area contributed by atoms with Crippen LogP contribution in [0.15, 0.2) is 50.7 Å². The number of benzene rings is 1. The van der Waals surface area contributed by atoms with Crippen LogP contribution in [0.3, 0.4) is 0 Å². The summed E-state index contributed by atoms with van der Waals surface area (Å²) in [5, 5.41) is 16.2. The third-order valence-electron chi connectivity index (χ3n) is 2.28. The van der Waals surface area contributed by atoms with Crippen LogP contribution in [0.4, 0.5) is 0 Å². The van der Waals surface area contributed by atoms with Crippen molar-refractivity contribution in [3.05, 3.63) is 35.9 Å². The zero-order valence-electron chi connectivity index (χ0n) is 12.9. The Labute approximate surface area is 158 Å². The molecule has 0 amide bonds. The summed E-state index contributed by atoms with van der Waals surface area (Å²) < 4.78 is 5.06. The molecule has 0 saturated carbocycles. The molecule has 0 atom stereocenters. The smallest absolute Gasteiger partial charge is 0.741 e. The number of hydrogen-bond acceptors (Lipinski definition) is 7. The number of rotatable bonds is 5. The van der Waals surface area contributed by atoms with E-state index in [1.165, 1.54) is 6.21 Å². The Hall–Kier alpha value is -1.54. The summed E-state index contributed by atoms with van der Waals surface area (Å²) in [6.45, 7) is 2.27. The quantitative estimate of drug-likeness (QED) is 0.249. The van der Waals surface area contributed by atoms with Gasteiger partial charge in [0.15, 0.2) is 0 Å². The molecule has 0 aromatic heterocycles. The fourth-order valence-electron chi connectivity index (χ4n) is 1.24. The molecule has 0 heterocycles. The molecule has 1 aromatic rings. The van der Waals surface area contributed by atoms with Crippen LogP contribution < -0.4 is 0 Å². The van der Waals surface area contributed by atoms with Gasteiger partial charge in [-0.3, -0.25) is 0 Å². The molecule has 0 saturated heterocycles. The second-order valence-electron chi connectivity index (χ2n) is 4.17. The first kappa shape index (κ1) is 21.5. The van der Waals surface area contributed by atoms with Gasteiger partial charge in [0.2, 0.25) is 0 Å². The molecule has 0 bridgehead atoms. The molecule has 0 N–H and O–H groups in total. The molecule has 0 aliphatic heterocycles. The Balaban J connectivity index is 0.00000484. The molecule has 23 heavy (non-hydrogen) atoms. The number of nitrogens with zero attached hydrogens (tertiary/aromatic N) is 5. The first-order chi connectivity index (χ1) is 10.5. The number of hydrogen-bond donors (Lipinski definition) is 0. The van der Waals surface area contributed by atoms with Gasteiger partial charge in [0, 0.05) is 24.8 Å². The van der Waals surface area contributed by atoms with E-state index in [0.717, 1.165) is 5.56 Å². The molecule has 1 radical (unpaired) electrons. The van der Waals surface area contributed by atoms with Gasteiger partial charge in [-0.25, -0.2) is 0 Å². The molecule has 6 nitrogen and oxygen atoms in total. The minimum absolute atomic E-state index is 0. The van der Waals surface area contributed by atoms with Crippen molar-refractivity contribution in [3.8, 4) is 0 Å². The molecular weight excluding hydrogens is 382 g/mol. The Morgan fingerprint density at radius 3 is 2.35 bits per heavy atom. The van der Waals surface area contributed by atoms with E-state index >= 15 is 0 Å². The molecule has 0 aliphatic carbocycles. The van der Waals surface area contributed by atoms with Gasteiger partial charge in [0.25, 0.3) is 0 Å². The molecule has 0 aliphatic rings. The van der Waals surface area contributed by atoms with Gasteiger partial charge < -0.3 is 34.9 Å². The SMILES string of the molecule is CCO/C([S-])=N/N=C(/C=N/N=C(\[S-])N(C)C)c1ccccc1.[Cu+2]. The summed E-state index contributed by atoms with van der Waals surface area (Å²) in [7, 11) is 3.59. The van der Waals surface area contributed by atoms with Crippen LogP contribution in [-0.4, -0.2) is 47.9 Å². The molecule has 0 spiro atoms. The zero-order valence-corrected chi connectivity index (χ0v) is 15.5. The maximum atomic E-state index is 5.06. The van der Waals surface area contributed by atoms with Crippen LogP contribution in [0.25, 0.3) is 0 Å². The average molecular weight is 399 g/mol. The van der Waals surface area contributed by atoms with Gasteiger partial charge in [-0.05, 0) is 6.92 Å². The van der Waals surface area contributed by atoms with Crippen molar-refractivity contribution in [1.29, 1.82) is 0 Å². The fourth-order valence-corrected chi connectivity index (χ4v) is 1.44. The first-order valence-corrected chi connectivity index (χ1v) is 7.32. The normalized spacial score (nSPS) is 12.9. The Bertz CT molecular complexity index is 588. The minimum Gasteiger partial charge on any atom is -0.741 e. The fraction of sp³-hybridized carbons (Fsp3) is 0.286. The Morgan fingerprint density at radius 2 is 1.78 bits per heavy atom. The second kappa shape index (κ2) is 12.0. The van der Waals surface area contributed by atoms with Crippen LogP contribution in [0.1, 0.15) is 12.5 Å². The summed E-state index contributed by atoms with van der Waals surface area (Å²) in [5.74, 6) is 0. The van der Waals surface area contributed by atoms with Crippen molar-refractivity contribution in [3.63, 3.8) is 0 Å². The largest absolute Gasteiger partial charge is 2.00 e. The molecule has 9 heteroatoms. The van der Waals surface area contributed by atoms with Gasteiger partial charge >= 0.3 is 17.1 Å². The Kier molecular flexibility index (Phi) is 11.2. The summed E-state index contributed by atoms with van der Waals surface area (Å²) in [6, 6.07) is 9.46. The third-order valence-corrected chi connectivity index (χ3v) is 2.93. The standard InChI is InChI=1S/C14H19N5OS2.Cu/c1-4-20-14(22)18-16-12(11-8-6-5-7-9-11)10-15-17-13(21)19(2)3;/h5-10H,4H2,1-3H3,(H,17,21)(H,18,22);/q;+2/p-2/b15-10+,16-12-;. The van der Waals surface area contributed by atoms with Crippen LogP contribution in [0.2, 0.25) is 0 Å². The van der Waals surface area contributed by atoms with Crippen molar-refractivity contribution in [2.75, 3.05) is 20.7 Å². The van der Waals surface area contributed by atoms with Crippen molar-refractivity contribution in [1.82, 2.24) is 4.90 Å². The van der Waals surface area contributed by atoms with E-state index < -0.39 is 0 Å². The molecule has 1 rings (SSSR count). The monoisotopic (exact) mass is 398 g/mol. The molecule has 1 aromatic carbocycles. The molecular formula is C14H17CuN5OS2. The first-order valence-electron chi connectivity index (χ1n) is 6.50. The summed E-state index contributed by atoms with van der Waals surface area (Å²) in [5.41, 5.74) is 1.34. The van der Waals surface area contributed by atoms with Gasteiger partial charge in [0.05, 0.1) is 18.1 Å². The van der Waals surface area contributed by atoms with Gasteiger partial charge in [-0.15, -0.1) is 10.2 Å². The van der Waals surface area contributed by atoms with Crippen LogP contribution in [0.5, 0.6) is 0 Å². The van der Waals surface area contributed by atoms with E-state index in [1.807, 2.05) is 37.3 Å². The van der Waals surface area contributed by atoms with Crippen molar-refractivity contribution in [2.45, 2.75) is 6.92 Å². The van der Waals surface area contributed by atoms with Gasteiger partial charge in [-0.2, -0.15) is 10.2 Å². The van der Waals surface area contributed by atoms with Crippen LogP contribution in [0, 0.1) is 0 Å². The van der Waals surface area contributed by atoms with Crippen molar-refractivity contribution in [2.24, 2.45) is 20.4 Å². The van der Waals surface area contributed by atoms with E-state index in [0.29, 0.717) is 17.5 Å². The van der Waals surface area contributed by atoms with E-state index in [1.54, 1.807) is 19.0 Å². The maximum Gasteiger partial charge on any atom is 2.00 e. The average Bonchev–Trinajstić information content (AvgIpc) is 2.51. The van der Waals surface area contributed by atoms with E-state index in [-0.39, 0.29) is 22.3 Å². The molecule has 0 fully saturated rings. The topological polar surface area (TPSA) is 61.9 Å². The minimum atomic E-state index is 0. The molecule has 127 valence electrons. The second-order valence-corrected chi connectivity index (χ2v) is 4.89. The number of amidine groups is 1. The van der Waals surface area contributed by atoms with E-state index in [2.05, 4.69) is 20.4 Å². The Morgan fingerprint density at radius 1 is 1.13 bits per heavy atom. The van der Waals surface area contributed by atoms with Gasteiger partial charge in [-0.1, -0.05) is 30.3 Å². The van der Waals surface area contributed by atoms with Crippen LogP contribution in [-0.2, 0) is 47.1 Å². The zero-order chi connectivity index (χ0) is 16.4. The third kappa shape index (κ3) is 8.61. The van der Waals surface area contributed by atoms with E-state index in [9.17, 15) is 0 Å². The van der Waals surface area contributed by atoms with Gasteiger partial charge in [0.1, 0.15) is 5.71 Å². The van der Waals surface area contributed by atoms with E-state index in [4.69, 9.17) is 30.0 Å². The summed E-state index contributed by atoms with van der Waals surface area (Å²) in [6.07, 6.45) is 1.48. The van der Waals surface area contributed by atoms with Crippen molar-refractivity contribution < 1.29 is 21.8 Å². The van der Waals surface area contributed by atoms with Crippen molar-refractivity contribution >= 4 is 47.6 Å². The predicted molar refractivity (Wildman–Crippen MR) is 96.4 cm³/mol. The predicted octanol–water partition coefficient (Wildman–Crippen LogP) is 1.78. The maximum absolute atomic E-state index is 5.06. The number of ether oxygens (including phenoxy) is 1. The van der Waals surface area contributed by atoms with Crippen LogP contribution >= 0.6 is 0 Å². The summed E-state index contributed by atoms with van der Waals surface area (Å²) in [4.78, 5) is 1.68. The summed E-state index contributed by atoms with van der Waals surface area (Å²) >= 11 is 9.95. The molecule has 0 unspecified atom stereocenters.